The van der Waals surface area contributed by atoms with Crippen LogP contribution >= 0.6 is 11.3 Å². The largest absolute Gasteiger partial charge is 0.256 e. The lowest BCUT2D eigenvalue weighted by Crippen LogP contribution is -1.85. The Kier molecular flexibility index (Phi) is 4.18. The van der Waals surface area contributed by atoms with Gasteiger partial charge in [-0.1, -0.05) is 48.5 Å². The van der Waals surface area contributed by atoms with Gasteiger partial charge in [0.2, 0.25) is 0 Å². The van der Waals surface area contributed by atoms with E-state index in [1.165, 1.54) is 12.1 Å². The highest BCUT2D eigenvalue weighted by Crippen LogP contribution is 2.40. The molecule has 28 heavy (non-hydrogen) atoms. The second kappa shape index (κ2) is 6.98. The van der Waals surface area contributed by atoms with Gasteiger partial charge in [0.25, 0.3) is 0 Å². The third-order valence-corrected chi connectivity index (χ3v) is 5.77. The van der Waals surface area contributed by atoms with Gasteiger partial charge in [0.05, 0.1) is 16.1 Å². The predicted molar refractivity (Wildman–Crippen MR) is 114 cm³/mol. The summed E-state index contributed by atoms with van der Waals surface area (Å²) in [4.78, 5) is 10.6. The number of para-hydroxylation sites is 1. The van der Waals surface area contributed by atoms with Crippen molar-refractivity contribution in [1.82, 2.24) is 9.97 Å². The van der Waals surface area contributed by atoms with Gasteiger partial charge in [-0.2, -0.15) is 0 Å². The normalized spacial score (nSPS) is 11.0. The summed E-state index contributed by atoms with van der Waals surface area (Å²) in [6, 6.07) is 26.8. The van der Waals surface area contributed by atoms with Gasteiger partial charge in [0.15, 0.2) is 0 Å². The van der Waals surface area contributed by atoms with Gasteiger partial charge in [-0.3, -0.25) is 4.98 Å². The second-order valence-corrected chi connectivity index (χ2v) is 7.49. The zero-order valence-electron chi connectivity index (χ0n) is 14.8. The van der Waals surface area contributed by atoms with Crippen LogP contribution in [0.15, 0.2) is 91.1 Å². The minimum atomic E-state index is -0.248. The lowest BCUT2D eigenvalue weighted by molar-refractivity contribution is 0.628. The van der Waals surface area contributed by atoms with Gasteiger partial charge in [-0.25, -0.2) is 9.37 Å². The zero-order chi connectivity index (χ0) is 18.9. The molecule has 5 aromatic rings. The summed E-state index contributed by atoms with van der Waals surface area (Å²) in [6.45, 7) is 0. The second-order valence-electron chi connectivity index (χ2n) is 6.49. The molecule has 134 valence electrons. The molecule has 3 aromatic carbocycles. The van der Waals surface area contributed by atoms with Crippen molar-refractivity contribution in [2.75, 3.05) is 0 Å². The highest BCUT2D eigenvalue weighted by Gasteiger charge is 2.16. The number of benzene rings is 3. The predicted octanol–water partition coefficient (Wildman–Crippen LogP) is 6.83. The minimum Gasteiger partial charge on any atom is -0.256 e. The van der Waals surface area contributed by atoms with E-state index in [9.17, 15) is 4.39 Å². The number of aromatic nitrogens is 2. The third-order valence-electron chi connectivity index (χ3n) is 4.62. The fourth-order valence-corrected chi connectivity index (χ4v) is 4.29. The van der Waals surface area contributed by atoms with Crippen LogP contribution in [0.2, 0.25) is 0 Å². The Morgan fingerprint density at radius 1 is 0.714 bits per heavy atom. The molecular formula is C24H15FN2S. The molecule has 0 amide bonds. The van der Waals surface area contributed by atoms with Gasteiger partial charge in [-0.15, -0.1) is 11.3 Å². The first-order chi connectivity index (χ1) is 13.8. The Balaban J connectivity index is 1.71. The van der Waals surface area contributed by atoms with E-state index in [2.05, 4.69) is 29.2 Å². The Morgan fingerprint density at radius 3 is 2.29 bits per heavy atom. The van der Waals surface area contributed by atoms with Crippen molar-refractivity contribution in [2.24, 2.45) is 0 Å². The molecule has 0 saturated carbocycles. The SMILES string of the molecule is Fc1ccc(-c2nc(-c3ccccc3)c(-c3cnc4ccccc4c3)s2)cc1. The molecule has 2 aromatic heterocycles. The number of nitrogens with zero attached hydrogens (tertiary/aromatic N) is 2. The quantitative estimate of drug-likeness (QED) is 0.342. The summed E-state index contributed by atoms with van der Waals surface area (Å²) in [5.74, 6) is -0.248. The Labute approximate surface area is 166 Å². The van der Waals surface area contributed by atoms with E-state index in [1.807, 2.05) is 42.6 Å². The first-order valence-electron chi connectivity index (χ1n) is 8.95. The highest BCUT2D eigenvalue weighted by atomic mass is 32.1. The highest BCUT2D eigenvalue weighted by molar-refractivity contribution is 7.19. The van der Waals surface area contributed by atoms with Crippen LogP contribution in [0.4, 0.5) is 4.39 Å². The Bertz CT molecular complexity index is 1260. The fourth-order valence-electron chi connectivity index (χ4n) is 3.22. The van der Waals surface area contributed by atoms with Gasteiger partial charge < -0.3 is 0 Å². The molecular weight excluding hydrogens is 367 g/mol. The summed E-state index contributed by atoms with van der Waals surface area (Å²) in [5.41, 5.74) is 4.88. The van der Waals surface area contributed by atoms with Crippen molar-refractivity contribution in [2.45, 2.75) is 0 Å². The molecule has 0 spiro atoms. The van der Waals surface area contributed by atoms with Crippen LogP contribution in [0, 0.1) is 5.82 Å². The van der Waals surface area contributed by atoms with Crippen LogP contribution in [0.3, 0.4) is 0 Å². The van der Waals surface area contributed by atoms with Crippen molar-refractivity contribution < 1.29 is 4.39 Å². The number of halogens is 1. The molecule has 0 radical (unpaired) electrons. The molecule has 2 nitrogen and oxygen atoms in total. The van der Waals surface area contributed by atoms with E-state index in [-0.39, 0.29) is 5.82 Å². The lowest BCUT2D eigenvalue weighted by Gasteiger charge is -2.04. The van der Waals surface area contributed by atoms with Crippen molar-refractivity contribution in [3.63, 3.8) is 0 Å². The van der Waals surface area contributed by atoms with Crippen molar-refractivity contribution >= 4 is 22.2 Å². The first-order valence-corrected chi connectivity index (χ1v) is 9.77. The van der Waals surface area contributed by atoms with E-state index < -0.39 is 0 Å². The molecule has 0 atom stereocenters. The third kappa shape index (κ3) is 3.08. The Morgan fingerprint density at radius 2 is 1.46 bits per heavy atom. The van der Waals surface area contributed by atoms with Gasteiger partial charge in [-0.05, 0) is 36.4 Å². The van der Waals surface area contributed by atoms with Crippen molar-refractivity contribution in [1.29, 1.82) is 0 Å². The molecule has 0 saturated heterocycles. The molecule has 0 bridgehead atoms. The first kappa shape index (κ1) is 16.8. The van der Waals surface area contributed by atoms with E-state index >= 15 is 0 Å². The summed E-state index contributed by atoms with van der Waals surface area (Å²) < 4.78 is 13.3. The number of pyridine rings is 1. The minimum absolute atomic E-state index is 0.248. The van der Waals surface area contributed by atoms with Crippen LogP contribution < -0.4 is 0 Å². The molecule has 5 rings (SSSR count). The maximum atomic E-state index is 13.3. The van der Waals surface area contributed by atoms with E-state index in [0.29, 0.717) is 0 Å². The van der Waals surface area contributed by atoms with E-state index in [4.69, 9.17) is 4.98 Å². The van der Waals surface area contributed by atoms with Crippen molar-refractivity contribution in [3.05, 3.63) is 96.9 Å². The maximum absolute atomic E-state index is 13.3. The molecule has 2 heterocycles. The van der Waals surface area contributed by atoms with Crippen LogP contribution in [-0.2, 0) is 0 Å². The van der Waals surface area contributed by atoms with Gasteiger partial charge >= 0.3 is 0 Å². The molecule has 0 N–H and O–H groups in total. The number of hydrogen-bond acceptors (Lipinski definition) is 3. The topological polar surface area (TPSA) is 25.8 Å². The molecule has 0 aliphatic heterocycles. The van der Waals surface area contributed by atoms with Crippen molar-refractivity contribution in [3.8, 4) is 32.3 Å². The monoisotopic (exact) mass is 382 g/mol. The smallest absolute Gasteiger partial charge is 0.124 e. The van der Waals surface area contributed by atoms with E-state index in [1.54, 1.807) is 23.5 Å². The van der Waals surface area contributed by atoms with Crippen LogP contribution in [0.1, 0.15) is 0 Å². The van der Waals surface area contributed by atoms with Gasteiger partial charge in [0, 0.05) is 28.3 Å². The molecule has 0 unspecified atom stereocenters. The summed E-state index contributed by atoms with van der Waals surface area (Å²) >= 11 is 1.60. The summed E-state index contributed by atoms with van der Waals surface area (Å²) in [5, 5.41) is 1.96. The molecule has 4 heteroatoms. The number of rotatable bonds is 3. The average Bonchev–Trinajstić information content (AvgIpc) is 3.20. The fraction of sp³-hybridized carbons (Fsp3) is 0. The standard InChI is InChI=1S/C24H15FN2S/c25-20-12-10-17(11-13-20)24-27-22(16-6-2-1-3-7-16)23(28-24)19-14-18-8-4-5-9-21(18)26-15-19/h1-15H. The summed E-state index contributed by atoms with van der Waals surface area (Å²) in [7, 11) is 0. The zero-order valence-corrected chi connectivity index (χ0v) is 15.7. The van der Waals surface area contributed by atoms with Crippen LogP contribution in [0.25, 0.3) is 43.2 Å². The molecule has 0 fully saturated rings. The molecule has 0 aliphatic carbocycles. The number of thiazole rings is 1. The average molecular weight is 382 g/mol. The maximum Gasteiger partial charge on any atom is 0.124 e. The van der Waals surface area contributed by atoms with E-state index in [0.717, 1.165) is 43.2 Å². The summed E-state index contributed by atoms with van der Waals surface area (Å²) in [6.07, 6.45) is 1.90. The van der Waals surface area contributed by atoms with Crippen LogP contribution in [-0.4, -0.2) is 9.97 Å². The lowest BCUT2D eigenvalue weighted by atomic mass is 10.1. The molecule has 0 aliphatic rings. The number of fused-ring (bicyclic) bond motifs is 1. The Hall–Kier alpha value is -3.37. The van der Waals surface area contributed by atoms with Gasteiger partial charge in [0.1, 0.15) is 10.8 Å². The number of hydrogen-bond donors (Lipinski definition) is 0. The van der Waals surface area contributed by atoms with Crippen LogP contribution in [0.5, 0.6) is 0 Å².